The van der Waals surface area contributed by atoms with E-state index in [0.29, 0.717) is 6.54 Å². The maximum absolute atomic E-state index is 12.1. The molecule has 0 N–H and O–H groups in total. The van der Waals surface area contributed by atoms with Crippen molar-refractivity contribution in [1.29, 1.82) is 0 Å². The summed E-state index contributed by atoms with van der Waals surface area (Å²) in [5.74, 6) is 0.769. The van der Waals surface area contributed by atoms with Gasteiger partial charge in [0.2, 0.25) is 0 Å². The Bertz CT molecular complexity index is 724. The highest BCUT2D eigenvalue weighted by atomic mass is 16.5. The number of hydrogen-bond donors (Lipinski definition) is 0. The van der Waals surface area contributed by atoms with Crippen LogP contribution >= 0.6 is 0 Å². The summed E-state index contributed by atoms with van der Waals surface area (Å²) >= 11 is 0. The van der Waals surface area contributed by atoms with Crippen molar-refractivity contribution in [3.63, 3.8) is 0 Å². The lowest BCUT2D eigenvalue weighted by molar-refractivity contribution is 0.414. The van der Waals surface area contributed by atoms with Crippen LogP contribution in [-0.2, 0) is 6.54 Å². The second kappa shape index (κ2) is 5.00. The highest BCUT2D eigenvalue weighted by molar-refractivity contribution is 5.27. The molecule has 1 aliphatic rings. The molecule has 1 fully saturated rings. The van der Waals surface area contributed by atoms with Crippen molar-refractivity contribution < 1.29 is 4.74 Å². The van der Waals surface area contributed by atoms with Gasteiger partial charge in [-0.15, -0.1) is 0 Å². The molecule has 104 valence electrons. The lowest BCUT2D eigenvalue weighted by Gasteiger charge is -2.08. The number of methoxy groups -OCH3 is 1. The van der Waals surface area contributed by atoms with E-state index in [-0.39, 0.29) is 6.04 Å². The fraction of sp³-hybridized carbons (Fsp3) is 0.333. The Morgan fingerprint density at radius 1 is 1.10 bits per heavy atom. The Hall–Kier alpha value is -2.30. The Morgan fingerprint density at radius 3 is 2.40 bits per heavy atom. The number of rotatable bonds is 4. The normalized spacial score (nSPS) is 14.2. The van der Waals surface area contributed by atoms with Gasteiger partial charge in [-0.05, 0) is 30.5 Å². The fourth-order valence-electron chi connectivity index (χ4n) is 2.21. The lowest BCUT2D eigenvalue weighted by Crippen LogP contribution is -2.40. The quantitative estimate of drug-likeness (QED) is 0.791. The summed E-state index contributed by atoms with van der Waals surface area (Å²) in [6, 6.07) is 7.68. The molecule has 5 heteroatoms. The van der Waals surface area contributed by atoms with Gasteiger partial charge in [-0.2, -0.15) is 0 Å². The number of hydrogen-bond acceptors (Lipinski definition) is 3. The Balaban J connectivity index is 1.88. The Labute approximate surface area is 116 Å². The zero-order valence-corrected chi connectivity index (χ0v) is 11.3. The molecule has 5 nitrogen and oxygen atoms in total. The second-order valence-electron chi connectivity index (χ2n) is 5.02. The van der Waals surface area contributed by atoms with Gasteiger partial charge >= 0.3 is 11.1 Å². The standard InChI is InChI=1S/C15H16N2O3/c1-20-13-6-2-11(3-7-13)10-16-8-9-17(12-4-5-12)15(19)14(16)18/h2-3,6-9,12H,4-5,10H2,1H3. The first-order valence-electron chi connectivity index (χ1n) is 6.63. The summed E-state index contributed by atoms with van der Waals surface area (Å²) in [7, 11) is 1.61. The molecular weight excluding hydrogens is 256 g/mol. The Morgan fingerprint density at radius 2 is 1.80 bits per heavy atom. The van der Waals surface area contributed by atoms with Gasteiger partial charge < -0.3 is 13.9 Å². The molecule has 0 unspecified atom stereocenters. The lowest BCUT2D eigenvalue weighted by atomic mass is 10.2. The summed E-state index contributed by atoms with van der Waals surface area (Å²) in [5, 5.41) is 0. The first kappa shape index (κ1) is 12.7. The van der Waals surface area contributed by atoms with E-state index in [1.54, 1.807) is 24.1 Å². The van der Waals surface area contributed by atoms with Crippen LogP contribution in [0.3, 0.4) is 0 Å². The van der Waals surface area contributed by atoms with E-state index in [9.17, 15) is 9.59 Å². The number of ether oxygens (including phenoxy) is 1. The van der Waals surface area contributed by atoms with Crippen molar-refractivity contribution in [2.24, 2.45) is 0 Å². The average molecular weight is 272 g/mol. The van der Waals surface area contributed by atoms with Crippen molar-refractivity contribution in [3.05, 3.63) is 62.9 Å². The van der Waals surface area contributed by atoms with E-state index in [1.807, 2.05) is 24.3 Å². The molecule has 0 radical (unpaired) electrons. The summed E-state index contributed by atoms with van der Waals surface area (Å²) in [6.45, 7) is 0.392. The van der Waals surface area contributed by atoms with Crippen molar-refractivity contribution in [3.8, 4) is 5.75 Å². The van der Waals surface area contributed by atoms with Gasteiger partial charge in [0, 0.05) is 18.4 Å². The third-order valence-corrected chi connectivity index (χ3v) is 3.54. The van der Waals surface area contributed by atoms with Crippen molar-refractivity contribution in [1.82, 2.24) is 9.13 Å². The van der Waals surface area contributed by atoms with Crippen molar-refractivity contribution >= 4 is 0 Å². The van der Waals surface area contributed by atoms with E-state index in [2.05, 4.69) is 0 Å². The highest BCUT2D eigenvalue weighted by Gasteiger charge is 2.25. The van der Waals surface area contributed by atoms with Gasteiger partial charge in [-0.3, -0.25) is 9.59 Å². The summed E-state index contributed by atoms with van der Waals surface area (Å²) in [4.78, 5) is 24.0. The zero-order chi connectivity index (χ0) is 14.1. The van der Waals surface area contributed by atoms with E-state index in [4.69, 9.17) is 4.74 Å². The van der Waals surface area contributed by atoms with Crippen LogP contribution in [0.4, 0.5) is 0 Å². The molecule has 1 aromatic carbocycles. The zero-order valence-electron chi connectivity index (χ0n) is 11.3. The molecule has 2 aromatic rings. The van der Waals surface area contributed by atoms with E-state index >= 15 is 0 Å². The minimum absolute atomic E-state index is 0.228. The largest absolute Gasteiger partial charge is 0.497 e. The predicted molar refractivity (Wildman–Crippen MR) is 75.3 cm³/mol. The molecule has 0 spiro atoms. The van der Waals surface area contributed by atoms with Gasteiger partial charge in [0.1, 0.15) is 5.75 Å². The van der Waals surface area contributed by atoms with Gasteiger partial charge in [0.05, 0.1) is 13.7 Å². The van der Waals surface area contributed by atoms with Gasteiger partial charge in [0.15, 0.2) is 0 Å². The second-order valence-corrected chi connectivity index (χ2v) is 5.02. The monoisotopic (exact) mass is 272 g/mol. The summed E-state index contributed by atoms with van der Waals surface area (Å²) < 4.78 is 8.09. The van der Waals surface area contributed by atoms with Gasteiger partial charge in [0.25, 0.3) is 0 Å². The van der Waals surface area contributed by atoms with Crippen LogP contribution in [0.5, 0.6) is 5.75 Å². The molecule has 0 amide bonds. The molecule has 20 heavy (non-hydrogen) atoms. The molecule has 0 aliphatic heterocycles. The van der Waals surface area contributed by atoms with Crippen molar-refractivity contribution in [2.75, 3.05) is 7.11 Å². The van der Waals surface area contributed by atoms with Crippen molar-refractivity contribution in [2.45, 2.75) is 25.4 Å². The molecule has 3 rings (SSSR count). The van der Waals surface area contributed by atoms with Crippen LogP contribution < -0.4 is 15.9 Å². The molecule has 0 atom stereocenters. The first-order valence-corrected chi connectivity index (χ1v) is 6.63. The Kier molecular flexibility index (Phi) is 3.18. The van der Waals surface area contributed by atoms with Crippen LogP contribution in [0, 0.1) is 0 Å². The van der Waals surface area contributed by atoms with E-state index in [1.165, 1.54) is 4.57 Å². The SMILES string of the molecule is COc1ccc(Cn2ccn(C3CC3)c(=O)c2=O)cc1. The predicted octanol–water partition coefficient (Wildman–Crippen LogP) is 1.40. The average Bonchev–Trinajstić information content (AvgIpc) is 3.29. The fourth-order valence-corrected chi connectivity index (χ4v) is 2.21. The summed E-state index contributed by atoms with van der Waals surface area (Å²) in [6.07, 6.45) is 5.38. The maximum Gasteiger partial charge on any atom is 0.316 e. The van der Waals surface area contributed by atoms with Crippen LogP contribution in [-0.4, -0.2) is 16.2 Å². The maximum atomic E-state index is 12.1. The molecule has 1 aliphatic carbocycles. The van der Waals surface area contributed by atoms with Crippen LogP contribution in [0.25, 0.3) is 0 Å². The molecule has 0 saturated heterocycles. The number of aromatic nitrogens is 2. The minimum atomic E-state index is -0.463. The molecular formula is C15H16N2O3. The van der Waals surface area contributed by atoms with Crippen LogP contribution in [0.2, 0.25) is 0 Å². The number of benzene rings is 1. The molecule has 0 bridgehead atoms. The minimum Gasteiger partial charge on any atom is -0.497 e. The van der Waals surface area contributed by atoms with Gasteiger partial charge in [-0.1, -0.05) is 12.1 Å². The highest BCUT2D eigenvalue weighted by Crippen LogP contribution is 2.32. The first-order chi connectivity index (χ1) is 9.69. The number of nitrogens with zero attached hydrogens (tertiary/aromatic N) is 2. The smallest absolute Gasteiger partial charge is 0.316 e. The molecule has 1 saturated carbocycles. The third-order valence-electron chi connectivity index (χ3n) is 3.54. The molecule has 1 heterocycles. The third kappa shape index (κ3) is 2.39. The topological polar surface area (TPSA) is 53.2 Å². The van der Waals surface area contributed by atoms with Gasteiger partial charge in [-0.25, -0.2) is 0 Å². The van der Waals surface area contributed by atoms with Crippen LogP contribution in [0.15, 0.2) is 46.2 Å². The summed E-state index contributed by atoms with van der Waals surface area (Å²) in [5.41, 5.74) is 0.0650. The van der Waals surface area contributed by atoms with Crippen LogP contribution in [0.1, 0.15) is 24.4 Å². The van der Waals surface area contributed by atoms with E-state index in [0.717, 1.165) is 24.2 Å². The van der Waals surface area contributed by atoms with E-state index < -0.39 is 11.1 Å². The molecule has 1 aromatic heterocycles.